The van der Waals surface area contributed by atoms with Crippen molar-refractivity contribution in [2.24, 2.45) is 5.92 Å². The van der Waals surface area contributed by atoms with Crippen molar-refractivity contribution in [2.75, 3.05) is 13.1 Å². The minimum Gasteiger partial charge on any atom is -0.342 e. The largest absolute Gasteiger partial charge is 0.342 e. The molecule has 2 unspecified atom stereocenters. The van der Waals surface area contributed by atoms with Gasteiger partial charge in [-0.2, -0.15) is 0 Å². The van der Waals surface area contributed by atoms with Crippen LogP contribution < -0.4 is 0 Å². The molecule has 1 aliphatic rings. The maximum absolute atomic E-state index is 13.5. The molecule has 104 valence electrons. The van der Waals surface area contributed by atoms with Crippen LogP contribution in [0.4, 0.5) is 8.78 Å². The van der Waals surface area contributed by atoms with E-state index in [2.05, 4.69) is 22.9 Å². The number of carbonyl (C=O) groups is 1. The van der Waals surface area contributed by atoms with E-state index in [4.69, 9.17) is 0 Å². The first kappa shape index (κ1) is 14.4. The van der Waals surface area contributed by atoms with Crippen molar-refractivity contribution in [3.8, 4) is 0 Å². The first-order chi connectivity index (χ1) is 8.97. The Bertz CT molecular complexity index is 481. The van der Waals surface area contributed by atoms with Gasteiger partial charge in [0.2, 0.25) is 5.91 Å². The second kappa shape index (κ2) is 5.99. The highest BCUT2D eigenvalue weighted by atomic mass is 79.9. The van der Waals surface area contributed by atoms with Crippen LogP contribution in [-0.2, 0) is 11.2 Å². The van der Waals surface area contributed by atoms with Crippen molar-refractivity contribution < 1.29 is 13.6 Å². The van der Waals surface area contributed by atoms with Crippen LogP contribution in [0.15, 0.2) is 18.2 Å². The molecule has 1 fully saturated rings. The van der Waals surface area contributed by atoms with Crippen molar-refractivity contribution in [1.82, 2.24) is 4.90 Å². The standard InChI is InChI=1S/C14H16BrF2NO/c1-9-8-18(5-4-12(9)15)14(19)6-10-2-3-11(16)7-13(10)17/h2-3,7,9,12H,4-6,8H2,1H3. The summed E-state index contributed by atoms with van der Waals surface area (Å²) in [5.74, 6) is -0.994. The topological polar surface area (TPSA) is 20.3 Å². The van der Waals surface area contributed by atoms with Gasteiger partial charge in [-0.25, -0.2) is 8.78 Å². The summed E-state index contributed by atoms with van der Waals surface area (Å²) in [6, 6.07) is 3.33. The molecule has 19 heavy (non-hydrogen) atoms. The third-order valence-electron chi connectivity index (χ3n) is 3.51. The Kier molecular flexibility index (Phi) is 4.55. The molecule has 1 saturated heterocycles. The summed E-state index contributed by atoms with van der Waals surface area (Å²) in [5.41, 5.74) is 0.250. The second-order valence-electron chi connectivity index (χ2n) is 5.03. The van der Waals surface area contributed by atoms with Gasteiger partial charge in [0.15, 0.2) is 0 Å². The van der Waals surface area contributed by atoms with Gasteiger partial charge in [-0.15, -0.1) is 0 Å². The van der Waals surface area contributed by atoms with Crippen LogP contribution in [0.25, 0.3) is 0 Å². The molecule has 1 aliphatic heterocycles. The Balaban J connectivity index is 2.01. The zero-order valence-corrected chi connectivity index (χ0v) is 12.3. The van der Waals surface area contributed by atoms with E-state index in [-0.39, 0.29) is 17.9 Å². The number of alkyl halides is 1. The predicted molar refractivity (Wildman–Crippen MR) is 73.1 cm³/mol. The number of amides is 1. The highest BCUT2D eigenvalue weighted by Crippen LogP contribution is 2.24. The van der Waals surface area contributed by atoms with Crippen molar-refractivity contribution in [3.05, 3.63) is 35.4 Å². The average molecular weight is 332 g/mol. The van der Waals surface area contributed by atoms with Gasteiger partial charge in [-0.05, 0) is 24.0 Å². The van der Waals surface area contributed by atoms with Crippen LogP contribution in [0, 0.1) is 17.6 Å². The number of carbonyl (C=O) groups excluding carboxylic acids is 1. The number of rotatable bonds is 2. The van der Waals surface area contributed by atoms with Crippen LogP contribution in [0.3, 0.4) is 0 Å². The van der Waals surface area contributed by atoms with Gasteiger partial charge in [-0.1, -0.05) is 28.9 Å². The van der Waals surface area contributed by atoms with E-state index >= 15 is 0 Å². The van der Waals surface area contributed by atoms with E-state index in [0.29, 0.717) is 23.8 Å². The number of nitrogens with zero attached hydrogens (tertiary/aromatic N) is 1. The molecular weight excluding hydrogens is 316 g/mol. The van der Waals surface area contributed by atoms with Crippen LogP contribution in [0.1, 0.15) is 18.9 Å². The Morgan fingerprint density at radius 3 is 2.84 bits per heavy atom. The fourth-order valence-corrected chi connectivity index (χ4v) is 2.66. The predicted octanol–water partition coefficient (Wildman–Crippen LogP) is 3.14. The SMILES string of the molecule is CC1CN(C(=O)Cc2ccc(F)cc2F)CCC1Br. The van der Waals surface area contributed by atoms with Crippen LogP contribution >= 0.6 is 15.9 Å². The van der Waals surface area contributed by atoms with Gasteiger partial charge >= 0.3 is 0 Å². The quantitative estimate of drug-likeness (QED) is 0.762. The van der Waals surface area contributed by atoms with Crippen molar-refractivity contribution in [1.29, 1.82) is 0 Å². The number of likely N-dealkylation sites (tertiary alicyclic amines) is 1. The second-order valence-corrected chi connectivity index (χ2v) is 6.21. The summed E-state index contributed by atoms with van der Waals surface area (Å²) in [6.45, 7) is 3.44. The zero-order chi connectivity index (χ0) is 14.0. The highest BCUT2D eigenvalue weighted by Gasteiger charge is 2.27. The molecule has 0 spiro atoms. The van der Waals surface area contributed by atoms with Gasteiger partial charge < -0.3 is 4.90 Å². The molecule has 0 bridgehead atoms. The molecule has 2 atom stereocenters. The smallest absolute Gasteiger partial charge is 0.227 e. The first-order valence-corrected chi connectivity index (χ1v) is 7.24. The van der Waals surface area contributed by atoms with Crippen molar-refractivity contribution in [2.45, 2.75) is 24.6 Å². The van der Waals surface area contributed by atoms with E-state index < -0.39 is 11.6 Å². The number of piperidine rings is 1. The molecule has 0 aromatic heterocycles. The molecule has 1 heterocycles. The maximum Gasteiger partial charge on any atom is 0.227 e. The lowest BCUT2D eigenvalue weighted by atomic mass is 9.99. The van der Waals surface area contributed by atoms with E-state index in [0.717, 1.165) is 12.5 Å². The molecule has 5 heteroatoms. The molecular formula is C14H16BrF2NO. The normalized spacial score (nSPS) is 23.5. The lowest BCUT2D eigenvalue weighted by molar-refractivity contribution is -0.132. The molecule has 2 rings (SSSR count). The fraction of sp³-hybridized carbons (Fsp3) is 0.500. The number of halogens is 3. The minimum absolute atomic E-state index is 0.00815. The highest BCUT2D eigenvalue weighted by molar-refractivity contribution is 9.09. The van der Waals surface area contributed by atoms with Gasteiger partial charge in [0, 0.05) is 24.0 Å². The van der Waals surface area contributed by atoms with Gasteiger partial charge in [0.1, 0.15) is 11.6 Å². The molecule has 0 radical (unpaired) electrons. The summed E-state index contributed by atoms with van der Waals surface area (Å²) < 4.78 is 26.3. The van der Waals surface area contributed by atoms with Crippen molar-refractivity contribution in [3.63, 3.8) is 0 Å². The van der Waals surface area contributed by atoms with Crippen LogP contribution in [0.2, 0.25) is 0 Å². The number of hydrogen-bond acceptors (Lipinski definition) is 1. The summed E-state index contributed by atoms with van der Waals surface area (Å²) >= 11 is 3.58. The Hall–Kier alpha value is -0.970. The lowest BCUT2D eigenvalue weighted by Gasteiger charge is -2.34. The zero-order valence-electron chi connectivity index (χ0n) is 10.7. The summed E-state index contributed by atoms with van der Waals surface area (Å²) in [7, 11) is 0. The monoisotopic (exact) mass is 331 g/mol. The summed E-state index contributed by atoms with van der Waals surface area (Å²) in [4.78, 5) is 14.3. The van der Waals surface area contributed by atoms with Gasteiger partial charge in [-0.3, -0.25) is 4.79 Å². The number of hydrogen-bond donors (Lipinski definition) is 0. The number of benzene rings is 1. The summed E-state index contributed by atoms with van der Waals surface area (Å²) in [5, 5.41) is 0. The van der Waals surface area contributed by atoms with Crippen LogP contribution in [0.5, 0.6) is 0 Å². The molecule has 0 saturated carbocycles. The van der Waals surface area contributed by atoms with E-state index in [1.54, 1.807) is 4.90 Å². The molecule has 2 nitrogen and oxygen atoms in total. The molecule has 1 amide bonds. The molecule has 1 aromatic rings. The van der Waals surface area contributed by atoms with E-state index in [1.165, 1.54) is 12.1 Å². The van der Waals surface area contributed by atoms with Gasteiger partial charge in [0.25, 0.3) is 0 Å². The molecule has 0 N–H and O–H groups in total. The van der Waals surface area contributed by atoms with E-state index in [1.807, 2.05) is 0 Å². The maximum atomic E-state index is 13.5. The minimum atomic E-state index is -0.656. The molecule has 0 aliphatic carbocycles. The Morgan fingerprint density at radius 1 is 1.47 bits per heavy atom. The summed E-state index contributed by atoms with van der Waals surface area (Å²) in [6.07, 6.45) is 0.893. The average Bonchev–Trinajstić information content (AvgIpc) is 2.36. The Labute approximate surface area is 119 Å². The fourth-order valence-electron chi connectivity index (χ4n) is 2.28. The van der Waals surface area contributed by atoms with Crippen LogP contribution in [-0.4, -0.2) is 28.7 Å². The Morgan fingerprint density at radius 2 is 2.21 bits per heavy atom. The van der Waals surface area contributed by atoms with Gasteiger partial charge in [0.05, 0.1) is 6.42 Å². The third kappa shape index (κ3) is 3.53. The first-order valence-electron chi connectivity index (χ1n) is 6.33. The van der Waals surface area contributed by atoms with E-state index in [9.17, 15) is 13.6 Å². The van der Waals surface area contributed by atoms with Crippen molar-refractivity contribution >= 4 is 21.8 Å². The molecule has 1 aromatic carbocycles. The third-order valence-corrected chi connectivity index (χ3v) is 4.87. The lowest BCUT2D eigenvalue weighted by Crippen LogP contribution is -2.43.